The van der Waals surface area contributed by atoms with Crippen LogP contribution in [0.2, 0.25) is 0 Å². The lowest BCUT2D eigenvalue weighted by Crippen LogP contribution is -2.09. The van der Waals surface area contributed by atoms with Gasteiger partial charge in [0.2, 0.25) is 0 Å². The highest BCUT2D eigenvalue weighted by Gasteiger charge is 2.13. The van der Waals surface area contributed by atoms with Crippen molar-refractivity contribution < 1.29 is 0 Å². The van der Waals surface area contributed by atoms with Crippen LogP contribution in [0.3, 0.4) is 0 Å². The third-order valence-electron chi connectivity index (χ3n) is 3.72. The topological polar surface area (TPSA) is 17.8 Å². The lowest BCUT2D eigenvalue weighted by molar-refractivity contribution is 0.303. The van der Waals surface area contributed by atoms with E-state index in [4.69, 9.17) is 0 Å². The zero-order valence-corrected chi connectivity index (χ0v) is 12.7. The first-order valence-electron chi connectivity index (χ1n) is 7.47. The van der Waals surface area contributed by atoms with Crippen molar-refractivity contribution in [3.8, 4) is 0 Å². The van der Waals surface area contributed by atoms with E-state index < -0.39 is 0 Å². The van der Waals surface area contributed by atoms with Crippen molar-refractivity contribution in [3.63, 3.8) is 0 Å². The molecule has 1 rings (SSSR count). The van der Waals surface area contributed by atoms with Crippen LogP contribution < -0.4 is 0 Å². The molecule has 0 saturated carbocycles. The molecule has 18 heavy (non-hydrogen) atoms. The Morgan fingerprint density at radius 2 is 1.94 bits per heavy atom. The van der Waals surface area contributed by atoms with E-state index in [1.165, 1.54) is 38.5 Å². The molecule has 1 aromatic heterocycles. The maximum atomic E-state index is 4.07. The van der Waals surface area contributed by atoms with Crippen LogP contribution in [0, 0.1) is 11.3 Å². The quantitative estimate of drug-likeness (QED) is 0.600. The van der Waals surface area contributed by atoms with Gasteiger partial charge in [-0.05, 0) is 30.6 Å². The molecule has 0 aliphatic rings. The molecule has 0 aromatic carbocycles. The minimum absolute atomic E-state index is 0.490. The van der Waals surface area contributed by atoms with Crippen LogP contribution in [0.5, 0.6) is 0 Å². The van der Waals surface area contributed by atoms with Crippen molar-refractivity contribution in [1.29, 1.82) is 0 Å². The molecule has 0 bridgehead atoms. The standard InChI is InChI=1S/C16H30N2/c1-5-15(9-10-16(2,3)4)8-6-7-12-18-13-11-17-14-18/h11,13-15H,5-10,12H2,1-4H3/t15-/m1/s1. The second kappa shape index (κ2) is 7.60. The van der Waals surface area contributed by atoms with Gasteiger partial charge in [-0.3, -0.25) is 0 Å². The summed E-state index contributed by atoms with van der Waals surface area (Å²) < 4.78 is 2.18. The highest BCUT2D eigenvalue weighted by atomic mass is 15.0. The van der Waals surface area contributed by atoms with E-state index in [1.807, 2.05) is 12.5 Å². The summed E-state index contributed by atoms with van der Waals surface area (Å²) in [5, 5.41) is 0. The highest BCUT2D eigenvalue weighted by Crippen LogP contribution is 2.27. The first kappa shape index (κ1) is 15.3. The summed E-state index contributed by atoms with van der Waals surface area (Å²) in [6, 6.07) is 0. The predicted octanol–water partition coefficient (Wildman–Crippen LogP) is 4.91. The fourth-order valence-corrected chi connectivity index (χ4v) is 2.34. The van der Waals surface area contributed by atoms with E-state index in [2.05, 4.69) is 43.4 Å². The molecular formula is C16H30N2. The van der Waals surface area contributed by atoms with Gasteiger partial charge >= 0.3 is 0 Å². The molecule has 0 radical (unpaired) electrons. The number of rotatable bonds is 8. The number of aromatic nitrogens is 2. The zero-order valence-electron chi connectivity index (χ0n) is 12.7. The fourth-order valence-electron chi connectivity index (χ4n) is 2.34. The van der Waals surface area contributed by atoms with E-state index >= 15 is 0 Å². The van der Waals surface area contributed by atoms with Gasteiger partial charge in [0.05, 0.1) is 6.33 Å². The number of hydrogen-bond acceptors (Lipinski definition) is 1. The van der Waals surface area contributed by atoms with Crippen molar-refractivity contribution in [3.05, 3.63) is 18.7 Å². The molecule has 2 heteroatoms. The Kier molecular flexibility index (Phi) is 6.45. The fraction of sp³-hybridized carbons (Fsp3) is 0.812. The Labute approximate surface area is 113 Å². The van der Waals surface area contributed by atoms with E-state index in [9.17, 15) is 0 Å². The third kappa shape index (κ3) is 6.83. The molecule has 0 amide bonds. The average Bonchev–Trinajstić information content (AvgIpc) is 2.80. The van der Waals surface area contributed by atoms with Crippen LogP contribution in [0.15, 0.2) is 18.7 Å². The Bertz CT molecular complexity index is 295. The number of unbranched alkanes of at least 4 members (excludes halogenated alkanes) is 1. The third-order valence-corrected chi connectivity index (χ3v) is 3.72. The van der Waals surface area contributed by atoms with Gasteiger partial charge < -0.3 is 4.57 Å². The van der Waals surface area contributed by atoms with Gasteiger partial charge in [0.25, 0.3) is 0 Å². The van der Waals surface area contributed by atoms with Crippen molar-refractivity contribution in [1.82, 2.24) is 9.55 Å². The van der Waals surface area contributed by atoms with E-state index in [0.717, 1.165) is 12.5 Å². The first-order valence-corrected chi connectivity index (χ1v) is 7.47. The summed E-state index contributed by atoms with van der Waals surface area (Å²) in [7, 11) is 0. The lowest BCUT2D eigenvalue weighted by atomic mass is 9.84. The Balaban J connectivity index is 2.11. The summed E-state index contributed by atoms with van der Waals surface area (Å²) in [4.78, 5) is 4.07. The van der Waals surface area contributed by atoms with Crippen LogP contribution >= 0.6 is 0 Å². The molecule has 0 N–H and O–H groups in total. The van der Waals surface area contributed by atoms with Crippen LogP contribution in [0.1, 0.15) is 66.2 Å². The SMILES string of the molecule is CC[C@H](CCCCn1ccnc1)CCC(C)(C)C. The second-order valence-corrected chi connectivity index (χ2v) is 6.67. The van der Waals surface area contributed by atoms with Gasteiger partial charge in [0.15, 0.2) is 0 Å². The average molecular weight is 250 g/mol. The minimum atomic E-state index is 0.490. The van der Waals surface area contributed by atoms with Gasteiger partial charge in [-0.1, -0.05) is 47.0 Å². The molecule has 1 aromatic rings. The van der Waals surface area contributed by atoms with Crippen molar-refractivity contribution in [2.24, 2.45) is 11.3 Å². The zero-order chi connectivity index (χ0) is 13.4. The summed E-state index contributed by atoms with van der Waals surface area (Å²) in [6.07, 6.45) is 13.9. The molecule has 0 spiro atoms. The lowest BCUT2D eigenvalue weighted by Gasteiger charge is -2.22. The molecule has 1 heterocycles. The summed E-state index contributed by atoms with van der Waals surface area (Å²) in [5.41, 5.74) is 0.490. The molecule has 0 saturated heterocycles. The molecule has 0 aliphatic carbocycles. The van der Waals surface area contributed by atoms with Crippen molar-refractivity contribution in [2.45, 2.75) is 72.8 Å². The largest absolute Gasteiger partial charge is 0.337 e. The Morgan fingerprint density at radius 3 is 2.50 bits per heavy atom. The van der Waals surface area contributed by atoms with Crippen LogP contribution in [-0.2, 0) is 6.54 Å². The molecule has 2 nitrogen and oxygen atoms in total. The smallest absolute Gasteiger partial charge is 0.0945 e. The van der Waals surface area contributed by atoms with Gasteiger partial charge in [-0.25, -0.2) is 4.98 Å². The van der Waals surface area contributed by atoms with Crippen LogP contribution in [0.4, 0.5) is 0 Å². The molecular weight excluding hydrogens is 220 g/mol. The van der Waals surface area contributed by atoms with Gasteiger partial charge in [-0.15, -0.1) is 0 Å². The van der Waals surface area contributed by atoms with E-state index in [1.54, 1.807) is 0 Å². The molecule has 0 unspecified atom stereocenters. The highest BCUT2D eigenvalue weighted by molar-refractivity contribution is 4.73. The summed E-state index contributed by atoms with van der Waals surface area (Å²) in [5.74, 6) is 0.923. The number of imidazole rings is 1. The van der Waals surface area contributed by atoms with Crippen LogP contribution in [-0.4, -0.2) is 9.55 Å². The normalized spacial score (nSPS) is 13.8. The monoisotopic (exact) mass is 250 g/mol. The second-order valence-electron chi connectivity index (χ2n) is 6.67. The van der Waals surface area contributed by atoms with Crippen LogP contribution in [0.25, 0.3) is 0 Å². The maximum Gasteiger partial charge on any atom is 0.0945 e. The van der Waals surface area contributed by atoms with E-state index in [0.29, 0.717) is 5.41 Å². The Hall–Kier alpha value is -0.790. The van der Waals surface area contributed by atoms with Gasteiger partial charge in [0.1, 0.15) is 0 Å². The van der Waals surface area contributed by atoms with E-state index in [-0.39, 0.29) is 0 Å². The number of aryl methyl sites for hydroxylation is 1. The number of nitrogens with zero attached hydrogens (tertiary/aromatic N) is 2. The predicted molar refractivity (Wildman–Crippen MR) is 78.5 cm³/mol. The van der Waals surface area contributed by atoms with Gasteiger partial charge in [-0.2, -0.15) is 0 Å². The summed E-state index contributed by atoms with van der Waals surface area (Å²) >= 11 is 0. The molecule has 0 aliphatic heterocycles. The number of hydrogen-bond donors (Lipinski definition) is 0. The molecule has 104 valence electrons. The van der Waals surface area contributed by atoms with Crippen molar-refractivity contribution >= 4 is 0 Å². The first-order chi connectivity index (χ1) is 8.51. The summed E-state index contributed by atoms with van der Waals surface area (Å²) in [6.45, 7) is 10.5. The molecule has 0 fully saturated rings. The van der Waals surface area contributed by atoms with Gasteiger partial charge in [0, 0.05) is 18.9 Å². The van der Waals surface area contributed by atoms with Crippen molar-refractivity contribution in [2.75, 3.05) is 0 Å². The molecule has 1 atom stereocenters. The minimum Gasteiger partial charge on any atom is -0.337 e. The maximum absolute atomic E-state index is 4.07. The Morgan fingerprint density at radius 1 is 1.17 bits per heavy atom.